The van der Waals surface area contributed by atoms with Crippen LogP contribution in [0, 0.1) is 11.8 Å². The molecule has 0 amide bonds. The van der Waals surface area contributed by atoms with Crippen molar-refractivity contribution in [3.63, 3.8) is 0 Å². The van der Waals surface area contributed by atoms with E-state index in [9.17, 15) is 9.59 Å². The number of carbonyl (C=O) groups is 2. The predicted octanol–water partition coefficient (Wildman–Crippen LogP) is 4.86. The minimum absolute atomic E-state index is 0.106. The van der Waals surface area contributed by atoms with Gasteiger partial charge in [0, 0.05) is 12.3 Å². The molecule has 1 N–H and O–H groups in total. The maximum absolute atomic E-state index is 11.9. The Morgan fingerprint density at radius 1 is 1.13 bits per heavy atom. The van der Waals surface area contributed by atoms with Crippen LogP contribution in [0.3, 0.4) is 0 Å². The first-order valence-corrected chi connectivity index (χ1v) is 8.54. The molecule has 0 spiro atoms. The van der Waals surface area contributed by atoms with E-state index in [1.54, 1.807) is 6.08 Å². The third-order valence-electron chi connectivity index (χ3n) is 3.96. The van der Waals surface area contributed by atoms with Crippen molar-refractivity contribution >= 4 is 11.8 Å². The number of rotatable bonds is 11. The number of ketones is 1. The fourth-order valence-electron chi connectivity index (χ4n) is 2.64. The van der Waals surface area contributed by atoms with Crippen molar-refractivity contribution in [3.05, 3.63) is 48.6 Å². The molecule has 0 bridgehead atoms. The zero-order valence-corrected chi connectivity index (χ0v) is 14.0. The zero-order valence-electron chi connectivity index (χ0n) is 14.0. The van der Waals surface area contributed by atoms with E-state index < -0.39 is 5.97 Å². The Morgan fingerprint density at radius 2 is 1.87 bits per heavy atom. The maximum atomic E-state index is 11.9. The van der Waals surface area contributed by atoms with Crippen LogP contribution in [-0.4, -0.2) is 16.9 Å². The van der Waals surface area contributed by atoms with E-state index in [1.165, 1.54) is 0 Å². The van der Waals surface area contributed by atoms with Gasteiger partial charge in [0.2, 0.25) is 0 Å². The molecule has 0 aromatic carbocycles. The highest BCUT2D eigenvalue weighted by Crippen LogP contribution is 2.29. The van der Waals surface area contributed by atoms with Crippen LogP contribution in [-0.2, 0) is 9.59 Å². The lowest BCUT2D eigenvalue weighted by atomic mass is 9.89. The molecule has 0 heterocycles. The summed E-state index contributed by atoms with van der Waals surface area (Å²) in [5, 5.41) is 8.53. The molecule has 1 aliphatic rings. The second kappa shape index (κ2) is 11.6. The molecule has 0 unspecified atom stereocenters. The first kappa shape index (κ1) is 19.1. The molecule has 0 aliphatic heterocycles. The molecule has 2 atom stereocenters. The van der Waals surface area contributed by atoms with E-state index in [2.05, 4.69) is 37.3 Å². The molecular formula is C20H28O3. The molecule has 0 saturated heterocycles. The predicted molar refractivity (Wildman–Crippen MR) is 94.2 cm³/mol. The van der Waals surface area contributed by atoms with Gasteiger partial charge >= 0.3 is 5.97 Å². The normalized spacial score (nSPS) is 21.3. The number of carboxylic acid groups (broad SMARTS) is 1. The molecule has 0 fully saturated rings. The van der Waals surface area contributed by atoms with Crippen molar-refractivity contribution in [1.82, 2.24) is 0 Å². The number of aliphatic carboxylic acids is 1. The van der Waals surface area contributed by atoms with Gasteiger partial charge in [-0.3, -0.25) is 9.59 Å². The molecule has 23 heavy (non-hydrogen) atoms. The van der Waals surface area contributed by atoms with Gasteiger partial charge in [0.1, 0.15) is 0 Å². The summed E-state index contributed by atoms with van der Waals surface area (Å²) in [5.41, 5.74) is 0. The van der Waals surface area contributed by atoms with Crippen molar-refractivity contribution in [3.8, 4) is 0 Å². The van der Waals surface area contributed by atoms with Crippen LogP contribution in [0.1, 0.15) is 51.9 Å². The fraction of sp³-hybridized carbons (Fsp3) is 0.500. The van der Waals surface area contributed by atoms with Gasteiger partial charge in [0.15, 0.2) is 5.78 Å². The Labute approximate surface area is 139 Å². The zero-order chi connectivity index (χ0) is 16.9. The van der Waals surface area contributed by atoms with Crippen LogP contribution in [0.5, 0.6) is 0 Å². The summed E-state index contributed by atoms with van der Waals surface area (Å²) in [4.78, 5) is 22.2. The highest BCUT2D eigenvalue weighted by molar-refractivity contribution is 5.94. The monoisotopic (exact) mass is 316 g/mol. The van der Waals surface area contributed by atoms with Crippen molar-refractivity contribution in [2.75, 3.05) is 0 Å². The molecule has 0 aromatic rings. The molecule has 0 aromatic heterocycles. The summed E-state index contributed by atoms with van der Waals surface area (Å²) in [6.07, 6.45) is 21.7. The highest BCUT2D eigenvalue weighted by Gasteiger charge is 2.27. The van der Waals surface area contributed by atoms with Crippen LogP contribution in [0.2, 0.25) is 0 Å². The summed E-state index contributed by atoms with van der Waals surface area (Å²) in [5.74, 6) is -0.0583. The Morgan fingerprint density at radius 3 is 2.61 bits per heavy atom. The van der Waals surface area contributed by atoms with E-state index in [-0.39, 0.29) is 18.1 Å². The SMILES string of the molecule is CC/C=C\C[C@@H]1C(=O)C=C[C@@H]1C/C=C\C/C=C\CCCC(=O)O. The Kier molecular flexibility index (Phi) is 9.69. The van der Waals surface area contributed by atoms with Crippen molar-refractivity contribution in [2.24, 2.45) is 11.8 Å². The van der Waals surface area contributed by atoms with Crippen LogP contribution < -0.4 is 0 Å². The quantitative estimate of drug-likeness (QED) is 0.437. The minimum Gasteiger partial charge on any atom is -0.481 e. The van der Waals surface area contributed by atoms with Gasteiger partial charge in [-0.05, 0) is 50.5 Å². The van der Waals surface area contributed by atoms with Gasteiger partial charge in [-0.1, -0.05) is 49.5 Å². The summed E-state index contributed by atoms with van der Waals surface area (Å²) in [6, 6.07) is 0. The second-order valence-corrected chi connectivity index (χ2v) is 5.85. The average Bonchev–Trinajstić information content (AvgIpc) is 2.86. The smallest absolute Gasteiger partial charge is 0.303 e. The Bertz CT molecular complexity index is 483. The van der Waals surface area contributed by atoms with Crippen molar-refractivity contribution < 1.29 is 14.7 Å². The second-order valence-electron chi connectivity index (χ2n) is 5.85. The van der Waals surface area contributed by atoms with Crippen molar-refractivity contribution in [1.29, 1.82) is 0 Å². The molecule has 1 aliphatic carbocycles. The van der Waals surface area contributed by atoms with Crippen LogP contribution >= 0.6 is 0 Å². The lowest BCUT2D eigenvalue weighted by Crippen LogP contribution is -2.14. The number of carbonyl (C=O) groups excluding carboxylic acids is 1. The van der Waals surface area contributed by atoms with Gasteiger partial charge in [0.05, 0.1) is 0 Å². The topological polar surface area (TPSA) is 54.4 Å². The van der Waals surface area contributed by atoms with Crippen LogP contribution in [0.25, 0.3) is 0 Å². The van der Waals surface area contributed by atoms with Crippen LogP contribution in [0.4, 0.5) is 0 Å². The van der Waals surface area contributed by atoms with E-state index in [4.69, 9.17) is 5.11 Å². The minimum atomic E-state index is -0.735. The summed E-state index contributed by atoms with van der Waals surface area (Å²) in [6.45, 7) is 2.10. The third-order valence-corrected chi connectivity index (χ3v) is 3.96. The summed E-state index contributed by atoms with van der Waals surface area (Å²) < 4.78 is 0. The fourth-order valence-corrected chi connectivity index (χ4v) is 2.64. The summed E-state index contributed by atoms with van der Waals surface area (Å²) >= 11 is 0. The number of carboxylic acids is 1. The Hall–Kier alpha value is -1.90. The highest BCUT2D eigenvalue weighted by atomic mass is 16.4. The molecule has 0 radical (unpaired) electrons. The number of hydrogen-bond donors (Lipinski definition) is 1. The molecule has 3 heteroatoms. The molecule has 1 rings (SSSR count). The number of allylic oxidation sites excluding steroid dienone is 8. The average molecular weight is 316 g/mol. The first-order valence-electron chi connectivity index (χ1n) is 8.54. The molecular weight excluding hydrogens is 288 g/mol. The van der Waals surface area contributed by atoms with Gasteiger partial charge in [0.25, 0.3) is 0 Å². The molecule has 126 valence electrons. The van der Waals surface area contributed by atoms with Gasteiger partial charge in [-0.2, -0.15) is 0 Å². The number of unbranched alkanes of at least 4 members (excludes halogenated alkanes) is 1. The van der Waals surface area contributed by atoms with E-state index in [0.29, 0.717) is 12.3 Å². The van der Waals surface area contributed by atoms with Gasteiger partial charge in [-0.25, -0.2) is 0 Å². The Balaban J connectivity index is 2.23. The van der Waals surface area contributed by atoms with Gasteiger partial charge in [-0.15, -0.1) is 0 Å². The van der Waals surface area contributed by atoms with E-state index in [1.807, 2.05) is 12.2 Å². The largest absolute Gasteiger partial charge is 0.481 e. The lowest BCUT2D eigenvalue weighted by Gasteiger charge is -2.14. The number of hydrogen-bond acceptors (Lipinski definition) is 2. The lowest BCUT2D eigenvalue weighted by molar-refractivity contribution is -0.137. The summed E-state index contributed by atoms with van der Waals surface area (Å²) in [7, 11) is 0. The third kappa shape index (κ3) is 8.34. The van der Waals surface area contributed by atoms with Crippen molar-refractivity contribution in [2.45, 2.75) is 51.9 Å². The standard InChI is InChI=1S/C20H28O3/c1-2-3-9-13-18-17(15-16-19(18)21)12-10-7-5-4-6-8-11-14-20(22)23/h3-4,6-7,9-10,15-18H,2,5,8,11-14H2,1H3,(H,22,23)/b6-4-,9-3-,10-7-/t17-,18-/m0/s1. The van der Waals surface area contributed by atoms with E-state index >= 15 is 0 Å². The first-order chi connectivity index (χ1) is 11.1. The van der Waals surface area contributed by atoms with E-state index in [0.717, 1.165) is 32.1 Å². The van der Waals surface area contributed by atoms with Gasteiger partial charge < -0.3 is 5.11 Å². The molecule has 0 saturated carbocycles. The maximum Gasteiger partial charge on any atom is 0.303 e. The molecule has 3 nitrogen and oxygen atoms in total. The van der Waals surface area contributed by atoms with Crippen LogP contribution in [0.15, 0.2) is 48.6 Å².